The zero-order chi connectivity index (χ0) is 18.5. The fourth-order valence-corrected chi connectivity index (χ4v) is 1.88. The van der Waals surface area contributed by atoms with Gasteiger partial charge >= 0.3 is 12.1 Å². The predicted molar refractivity (Wildman–Crippen MR) is 78.7 cm³/mol. The molecule has 0 bridgehead atoms. The lowest BCUT2D eigenvalue weighted by atomic mass is 10.0. The molecule has 1 N–H and O–H groups in total. The van der Waals surface area contributed by atoms with Crippen LogP contribution in [-0.2, 0) is 15.7 Å². The lowest BCUT2D eigenvalue weighted by molar-refractivity contribution is -0.147. The van der Waals surface area contributed by atoms with E-state index >= 15 is 0 Å². The Hall–Kier alpha value is -2.12. The van der Waals surface area contributed by atoms with Crippen LogP contribution >= 0.6 is 0 Å². The smallest absolute Gasteiger partial charge is 0.416 e. The third kappa shape index (κ3) is 5.21. The molecule has 1 amide bonds. The van der Waals surface area contributed by atoms with E-state index in [1.54, 1.807) is 20.8 Å². The number of esters is 1. The van der Waals surface area contributed by atoms with Crippen LogP contribution in [0.25, 0.3) is 0 Å². The van der Waals surface area contributed by atoms with Gasteiger partial charge < -0.3 is 10.1 Å². The third-order valence-electron chi connectivity index (χ3n) is 3.19. The van der Waals surface area contributed by atoms with E-state index in [9.17, 15) is 27.2 Å². The van der Waals surface area contributed by atoms with E-state index in [1.165, 1.54) is 0 Å². The number of halogens is 4. The van der Waals surface area contributed by atoms with Gasteiger partial charge in [-0.05, 0) is 30.5 Å². The summed E-state index contributed by atoms with van der Waals surface area (Å²) in [5.41, 5.74) is -1.93. The molecule has 0 aliphatic heterocycles. The van der Waals surface area contributed by atoms with Gasteiger partial charge in [0.05, 0.1) is 17.7 Å². The zero-order valence-electron chi connectivity index (χ0n) is 13.5. The van der Waals surface area contributed by atoms with Crippen molar-refractivity contribution in [1.29, 1.82) is 0 Å². The second-order valence-corrected chi connectivity index (χ2v) is 5.56. The van der Waals surface area contributed by atoms with Gasteiger partial charge in [-0.15, -0.1) is 0 Å². The van der Waals surface area contributed by atoms with E-state index in [2.05, 4.69) is 5.32 Å². The Kier molecular flexibility index (Phi) is 6.74. The second kappa shape index (κ2) is 8.12. The Balaban J connectivity index is 3.02. The summed E-state index contributed by atoms with van der Waals surface area (Å²) in [6.45, 7) is 5.19. The van der Waals surface area contributed by atoms with Crippen molar-refractivity contribution in [3.8, 4) is 0 Å². The molecule has 24 heavy (non-hydrogen) atoms. The zero-order valence-corrected chi connectivity index (χ0v) is 13.5. The highest BCUT2D eigenvalue weighted by atomic mass is 19.4. The number of hydrogen-bond donors (Lipinski definition) is 1. The van der Waals surface area contributed by atoms with Crippen LogP contribution in [0.1, 0.15) is 43.1 Å². The maximum atomic E-state index is 13.7. The summed E-state index contributed by atoms with van der Waals surface area (Å²) < 4.78 is 56.7. The number of benzene rings is 1. The predicted octanol–water partition coefficient (Wildman–Crippen LogP) is 3.55. The van der Waals surface area contributed by atoms with E-state index in [0.29, 0.717) is 24.6 Å². The molecule has 1 atom stereocenters. The van der Waals surface area contributed by atoms with Gasteiger partial charge in [0.15, 0.2) is 0 Å². The average Bonchev–Trinajstić information content (AvgIpc) is 2.48. The highest BCUT2D eigenvalue weighted by Crippen LogP contribution is 2.30. The molecule has 0 fully saturated rings. The summed E-state index contributed by atoms with van der Waals surface area (Å²) in [5, 5.41) is 2.24. The molecule has 1 rings (SSSR count). The minimum Gasteiger partial charge on any atom is -0.464 e. The summed E-state index contributed by atoms with van der Waals surface area (Å²) in [4.78, 5) is 24.0. The number of hydrogen-bond acceptors (Lipinski definition) is 3. The monoisotopic (exact) mass is 349 g/mol. The first-order chi connectivity index (χ1) is 11.1. The molecule has 0 aliphatic rings. The second-order valence-electron chi connectivity index (χ2n) is 5.56. The Labute approximate surface area is 137 Å². The molecule has 1 aromatic rings. The molecule has 0 aliphatic carbocycles. The van der Waals surface area contributed by atoms with Crippen molar-refractivity contribution in [3.05, 3.63) is 35.1 Å². The Morgan fingerprint density at radius 2 is 1.88 bits per heavy atom. The third-order valence-corrected chi connectivity index (χ3v) is 3.19. The topological polar surface area (TPSA) is 55.4 Å². The van der Waals surface area contributed by atoms with E-state index < -0.39 is 41.0 Å². The molecule has 0 spiro atoms. The van der Waals surface area contributed by atoms with E-state index in [1.807, 2.05) is 0 Å². The van der Waals surface area contributed by atoms with Gasteiger partial charge in [0.25, 0.3) is 5.91 Å². The van der Waals surface area contributed by atoms with Crippen molar-refractivity contribution >= 4 is 11.9 Å². The summed E-state index contributed by atoms with van der Waals surface area (Å²) in [5.74, 6) is -3.31. The van der Waals surface area contributed by atoms with Crippen LogP contribution in [0.4, 0.5) is 17.6 Å². The molecule has 0 aromatic heterocycles. The first-order valence-electron chi connectivity index (χ1n) is 7.42. The van der Waals surface area contributed by atoms with Gasteiger partial charge in [-0.2, -0.15) is 13.2 Å². The maximum absolute atomic E-state index is 13.7. The fraction of sp³-hybridized carbons (Fsp3) is 0.500. The van der Waals surface area contributed by atoms with Gasteiger partial charge in [0.1, 0.15) is 11.9 Å². The number of ether oxygens (including phenoxy) is 1. The minimum atomic E-state index is -4.71. The van der Waals surface area contributed by atoms with Crippen molar-refractivity contribution in [2.75, 3.05) is 6.61 Å². The first-order valence-corrected chi connectivity index (χ1v) is 7.42. The van der Waals surface area contributed by atoms with Crippen molar-refractivity contribution < 1.29 is 31.9 Å². The first kappa shape index (κ1) is 19.9. The van der Waals surface area contributed by atoms with Crippen LogP contribution in [0.2, 0.25) is 0 Å². The van der Waals surface area contributed by atoms with E-state index in [4.69, 9.17) is 4.74 Å². The highest BCUT2D eigenvalue weighted by molar-refractivity contribution is 5.97. The molecular formula is C16H19F4NO3. The maximum Gasteiger partial charge on any atom is 0.416 e. The summed E-state index contributed by atoms with van der Waals surface area (Å²) >= 11 is 0. The molecule has 8 heteroatoms. The SMILES string of the molecule is CCCOC(=O)C(NC(=O)c1cc(C(F)(F)F)ccc1F)C(C)C. The lowest BCUT2D eigenvalue weighted by Crippen LogP contribution is -2.45. The number of rotatable bonds is 6. The molecule has 134 valence electrons. The number of carbonyl (C=O) groups is 2. The van der Waals surface area contributed by atoms with Crippen LogP contribution in [0.5, 0.6) is 0 Å². The van der Waals surface area contributed by atoms with Gasteiger partial charge in [-0.25, -0.2) is 9.18 Å². The van der Waals surface area contributed by atoms with Gasteiger partial charge in [0, 0.05) is 0 Å². The van der Waals surface area contributed by atoms with Crippen LogP contribution in [0, 0.1) is 11.7 Å². The molecule has 0 saturated heterocycles. The minimum absolute atomic E-state index is 0.149. The molecule has 0 saturated carbocycles. The van der Waals surface area contributed by atoms with Crippen molar-refractivity contribution in [1.82, 2.24) is 5.32 Å². The number of amides is 1. The average molecular weight is 349 g/mol. The van der Waals surface area contributed by atoms with Gasteiger partial charge in [0.2, 0.25) is 0 Å². The van der Waals surface area contributed by atoms with Crippen LogP contribution in [0.3, 0.4) is 0 Å². The van der Waals surface area contributed by atoms with Crippen LogP contribution < -0.4 is 5.32 Å². The van der Waals surface area contributed by atoms with E-state index in [-0.39, 0.29) is 12.5 Å². The molecule has 1 aromatic carbocycles. The normalized spacial score (nSPS) is 12.8. The quantitative estimate of drug-likeness (QED) is 0.631. The molecule has 0 radical (unpaired) electrons. The standard InChI is InChI=1S/C16H19F4NO3/c1-4-7-24-15(23)13(9(2)3)21-14(22)11-8-10(16(18,19)20)5-6-12(11)17/h5-6,8-9,13H,4,7H2,1-3H3,(H,21,22). The highest BCUT2D eigenvalue weighted by Gasteiger charge is 2.33. The summed E-state index contributed by atoms with van der Waals surface area (Å²) in [6, 6.07) is 0.441. The van der Waals surface area contributed by atoms with Crippen molar-refractivity contribution in [2.24, 2.45) is 5.92 Å². The van der Waals surface area contributed by atoms with Crippen molar-refractivity contribution in [2.45, 2.75) is 39.4 Å². The number of alkyl halides is 3. The van der Waals surface area contributed by atoms with Crippen LogP contribution in [0.15, 0.2) is 18.2 Å². The van der Waals surface area contributed by atoms with Crippen LogP contribution in [-0.4, -0.2) is 24.5 Å². The summed E-state index contributed by atoms with van der Waals surface area (Å²) in [6.07, 6.45) is -4.13. The Morgan fingerprint density at radius 3 is 2.38 bits per heavy atom. The number of nitrogens with one attached hydrogen (secondary N) is 1. The molecule has 4 nitrogen and oxygen atoms in total. The Bertz CT molecular complexity index is 599. The largest absolute Gasteiger partial charge is 0.464 e. The van der Waals surface area contributed by atoms with E-state index in [0.717, 1.165) is 0 Å². The molecular weight excluding hydrogens is 330 g/mol. The molecule has 0 heterocycles. The van der Waals surface area contributed by atoms with Gasteiger partial charge in [-0.3, -0.25) is 4.79 Å². The lowest BCUT2D eigenvalue weighted by Gasteiger charge is -2.21. The fourth-order valence-electron chi connectivity index (χ4n) is 1.88. The Morgan fingerprint density at radius 1 is 1.25 bits per heavy atom. The molecule has 1 unspecified atom stereocenters. The number of carbonyl (C=O) groups excluding carboxylic acids is 2. The summed E-state index contributed by atoms with van der Waals surface area (Å²) in [7, 11) is 0. The van der Waals surface area contributed by atoms with Crippen molar-refractivity contribution in [3.63, 3.8) is 0 Å². The van der Waals surface area contributed by atoms with Gasteiger partial charge in [-0.1, -0.05) is 20.8 Å².